The van der Waals surface area contributed by atoms with Crippen LogP contribution in [0.25, 0.3) is 0 Å². The predicted molar refractivity (Wildman–Crippen MR) is 142 cm³/mol. The fourth-order valence-electron chi connectivity index (χ4n) is 3.48. The van der Waals surface area contributed by atoms with E-state index in [9.17, 15) is 4.79 Å². The average molecular weight is 477 g/mol. The monoisotopic (exact) mass is 476 g/mol. The van der Waals surface area contributed by atoms with Crippen LogP contribution in [0.1, 0.15) is 39.0 Å². The van der Waals surface area contributed by atoms with Crippen molar-refractivity contribution in [3.8, 4) is 17.2 Å². The smallest absolute Gasteiger partial charge is 0.243 e. The third kappa shape index (κ3) is 10.4. The van der Waals surface area contributed by atoms with Crippen LogP contribution in [0.3, 0.4) is 0 Å². The molecule has 2 N–H and O–H groups in total. The maximum atomic E-state index is 12.4. The first kappa shape index (κ1) is 25.9. The molecule has 0 bridgehead atoms. The number of para-hydroxylation sites is 1. The number of nitrogens with one attached hydrogen (secondary N) is 2. The van der Waals surface area contributed by atoms with E-state index < -0.39 is 0 Å². The number of benzene rings is 3. The molecule has 0 aliphatic carbocycles. The Kier molecular flexibility index (Phi) is 11.3. The van der Waals surface area contributed by atoms with Gasteiger partial charge in [-0.25, -0.2) is 0 Å². The summed E-state index contributed by atoms with van der Waals surface area (Å²) in [6, 6.07) is 24.7. The number of hydrogen-bond acceptors (Lipinski definition) is 5. The number of carbonyl (C=O) groups is 1. The summed E-state index contributed by atoms with van der Waals surface area (Å²) in [7, 11) is 0. The van der Waals surface area contributed by atoms with E-state index in [1.54, 1.807) is 6.07 Å². The lowest BCUT2D eigenvalue weighted by Gasteiger charge is -2.12. The van der Waals surface area contributed by atoms with Gasteiger partial charge in [0.05, 0.1) is 13.2 Å². The standard InChI is InChI=1S/C29H36N2O4/c1-2-3-4-5-9-18-33-27-16-10-12-24(21-27)30-23-29(32)31-25-13-11-17-28(22-25)35-20-19-34-26-14-7-6-8-15-26/h6-8,10-17,21-22,30H,2-5,9,18-20,23H2,1H3,(H,31,32). The Balaban J connectivity index is 1.36. The second kappa shape index (κ2) is 15.3. The Bertz CT molecular complexity index is 1010. The van der Waals surface area contributed by atoms with Crippen molar-refractivity contribution in [2.24, 2.45) is 0 Å². The second-order valence-corrected chi connectivity index (χ2v) is 8.23. The van der Waals surface area contributed by atoms with Gasteiger partial charge in [0, 0.05) is 23.5 Å². The molecule has 0 saturated heterocycles. The number of ether oxygens (including phenoxy) is 3. The molecule has 186 valence electrons. The zero-order valence-corrected chi connectivity index (χ0v) is 20.5. The Hall–Kier alpha value is -3.67. The van der Waals surface area contributed by atoms with E-state index in [0.29, 0.717) is 31.3 Å². The molecule has 6 nitrogen and oxygen atoms in total. The number of carbonyl (C=O) groups excluding carboxylic acids is 1. The molecule has 0 radical (unpaired) electrons. The molecule has 0 atom stereocenters. The molecule has 0 saturated carbocycles. The van der Waals surface area contributed by atoms with Crippen molar-refractivity contribution < 1.29 is 19.0 Å². The molecule has 0 unspecified atom stereocenters. The third-order valence-electron chi connectivity index (χ3n) is 5.29. The van der Waals surface area contributed by atoms with E-state index in [0.717, 1.165) is 23.6 Å². The summed E-state index contributed by atoms with van der Waals surface area (Å²) in [4.78, 5) is 12.4. The highest BCUT2D eigenvalue weighted by Gasteiger charge is 2.05. The van der Waals surface area contributed by atoms with Crippen LogP contribution in [0.5, 0.6) is 17.2 Å². The van der Waals surface area contributed by atoms with E-state index in [-0.39, 0.29) is 12.5 Å². The van der Waals surface area contributed by atoms with Crippen molar-refractivity contribution in [1.29, 1.82) is 0 Å². The van der Waals surface area contributed by atoms with Gasteiger partial charge in [0.25, 0.3) is 0 Å². The van der Waals surface area contributed by atoms with Crippen molar-refractivity contribution >= 4 is 17.3 Å². The molecule has 6 heteroatoms. The molecule has 0 spiro atoms. The quantitative estimate of drug-likeness (QED) is 0.230. The predicted octanol–water partition coefficient (Wildman–Crippen LogP) is 6.54. The number of unbranched alkanes of at least 4 members (excludes halogenated alkanes) is 4. The van der Waals surface area contributed by atoms with Crippen LogP contribution in [0.4, 0.5) is 11.4 Å². The van der Waals surface area contributed by atoms with Crippen LogP contribution in [0.2, 0.25) is 0 Å². The lowest BCUT2D eigenvalue weighted by Crippen LogP contribution is -2.21. The van der Waals surface area contributed by atoms with Gasteiger partial charge >= 0.3 is 0 Å². The van der Waals surface area contributed by atoms with Crippen LogP contribution in [-0.2, 0) is 4.79 Å². The molecule has 0 fully saturated rings. The molecule has 0 aliphatic rings. The highest BCUT2D eigenvalue weighted by molar-refractivity contribution is 5.93. The van der Waals surface area contributed by atoms with Crippen LogP contribution >= 0.6 is 0 Å². The van der Waals surface area contributed by atoms with Crippen molar-refractivity contribution in [3.05, 3.63) is 78.9 Å². The molecule has 0 heterocycles. The van der Waals surface area contributed by atoms with Crippen molar-refractivity contribution in [2.75, 3.05) is 37.0 Å². The lowest BCUT2D eigenvalue weighted by atomic mass is 10.2. The van der Waals surface area contributed by atoms with Gasteiger partial charge in [-0.3, -0.25) is 4.79 Å². The fourth-order valence-corrected chi connectivity index (χ4v) is 3.48. The normalized spacial score (nSPS) is 10.4. The van der Waals surface area contributed by atoms with Crippen molar-refractivity contribution in [3.63, 3.8) is 0 Å². The van der Waals surface area contributed by atoms with Crippen LogP contribution in [-0.4, -0.2) is 32.3 Å². The van der Waals surface area contributed by atoms with Crippen LogP contribution in [0, 0.1) is 0 Å². The third-order valence-corrected chi connectivity index (χ3v) is 5.29. The summed E-state index contributed by atoms with van der Waals surface area (Å²) in [6.45, 7) is 3.92. The summed E-state index contributed by atoms with van der Waals surface area (Å²) in [5.74, 6) is 2.15. The minimum Gasteiger partial charge on any atom is -0.494 e. The van der Waals surface area contributed by atoms with E-state index in [2.05, 4.69) is 17.6 Å². The van der Waals surface area contributed by atoms with Gasteiger partial charge in [-0.05, 0) is 42.8 Å². The van der Waals surface area contributed by atoms with Gasteiger partial charge in [-0.1, -0.05) is 62.9 Å². The number of hydrogen-bond donors (Lipinski definition) is 2. The summed E-state index contributed by atoms with van der Waals surface area (Å²) >= 11 is 0. The van der Waals surface area contributed by atoms with Crippen LogP contribution < -0.4 is 24.8 Å². The molecule has 3 aromatic rings. The van der Waals surface area contributed by atoms with Crippen molar-refractivity contribution in [1.82, 2.24) is 0 Å². The van der Waals surface area contributed by atoms with Gasteiger partial charge in [0.2, 0.25) is 5.91 Å². The Morgan fingerprint density at radius 1 is 0.657 bits per heavy atom. The van der Waals surface area contributed by atoms with Gasteiger partial charge < -0.3 is 24.8 Å². The molecule has 3 rings (SSSR count). The van der Waals surface area contributed by atoms with E-state index in [1.165, 1.54) is 25.7 Å². The van der Waals surface area contributed by atoms with Gasteiger partial charge in [0.15, 0.2) is 0 Å². The zero-order chi connectivity index (χ0) is 24.6. The maximum Gasteiger partial charge on any atom is 0.243 e. The second-order valence-electron chi connectivity index (χ2n) is 8.23. The highest BCUT2D eigenvalue weighted by Crippen LogP contribution is 2.19. The molecule has 35 heavy (non-hydrogen) atoms. The van der Waals surface area contributed by atoms with Crippen molar-refractivity contribution in [2.45, 2.75) is 39.0 Å². The Morgan fingerprint density at radius 2 is 1.26 bits per heavy atom. The lowest BCUT2D eigenvalue weighted by molar-refractivity contribution is -0.114. The highest BCUT2D eigenvalue weighted by atomic mass is 16.5. The molecule has 0 aliphatic heterocycles. The molecular weight excluding hydrogens is 440 g/mol. The van der Waals surface area contributed by atoms with Gasteiger partial charge in [0.1, 0.15) is 30.5 Å². The zero-order valence-electron chi connectivity index (χ0n) is 20.5. The van der Waals surface area contributed by atoms with E-state index in [4.69, 9.17) is 14.2 Å². The van der Waals surface area contributed by atoms with Crippen LogP contribution in [0.15, 0.2) is 78.9 Å². The first-order chi connectivity index (χ1) is 17.2. The van der Waals surface area contributed by atoms with E-state index >= 15 is 0 Å². The average Bonchev–Trinajstić information content (AvgIpc) is 2.89. The fraction of sp³-hybridized carbons (Fsp3) is 0.345. The summed E-state index contributed by atoms with van der Waals surface area (Å²) in [5, 5.41) is 6.05. The van der Waals surface area contributed by atoms with Gasteiger partial charge in [-0.15, -0.1) is 0 Å². The summed E-state index contributed by atoms with van der Waals surface area (Å²) in [6.07, 6.45) is 6.03. The number of anilines is 2. The number of rotatable bonds is 16. The summed E-state index contributed by atoms with van der Waals surface area (Å²) in [5.41, 5.74) is 1.53. The Morgan fingerprint density at radius 3 is 2.00 bits per heavy atom. The molecule has 1 amide bonds. The van der Waals surface area contributed by atoms with Gasteiger partial charge in [-0.2, -0.15) is 0 Å². The molecule has 3 aromatic carbocycles. The maximum absolute atomic E-state index is 12.4. The SMILES string of the molecule is CCCCCCCOc1cccc(NCC(=O)Nc2cccc(OCCOc3ccccc3)c2)c1. The van der Waals surface area contributed by atoms with E-state index in [1.807, 2.05) is 72.8 Å². The number of amides is 1. The molecular formula is C29H36N2O4. The Labute approximate surface area is 208 Å². The first-order valence-corrected chi connectivity index (χ1v) is 12.4. The minimum atomic E-state index is -0.142. The topological polar surface area (TPSA) is 68.8 Å². The largest absolute Gasteiger partial charge is 0.494 e. The minimum absolute atomic E-state index is 0.142. The first-order valence-electron chi connectivity index (χ1n) is 12.4. The molecule has 0 aromatic heterocycles. The summed E-state index contributed by atoms with van der Waals surface area (Å²) < 4.78 is 17.2.